The molecule has 2 heterocycles. The quantitative estimate of drug-likeness (QED) is 0.514. The Balaban J connectivity index is 1.59. The van der Waals surface area contributed by atoms with Gasteiger partial charge in [-0.1, -0.05) is 12.1 Å². The van der Waals surface area contributed by atoms with E-state index in [2.05, 4.69) is 56.1 Å². The van der Waals surface area contributed by atoms with Gasteiger partial charge in [-0.15, -0.1) is 11.8 Å². The van der Waals surface area contributed by atoms with Crippen molar-refractivity contribution < 1.29 is 0 Å². The second kappa shape index (κ2) is 8.20. The molecule has 2 N–H and O–H groups in total. The highest BCUT2D eigenvalue weighted by Gasteiger charge is 2.19. The molecule has 132 valence electrons. The highest BCUT2D eigenvalue weighted by molar-refractivity contribution is 7.98. The predicted molar refractivity (Wildman–Crippen MR) is 104 cm³/mol. The van der Waals surface area contributed by atoms with E-state index in [0.29, 0.717) is 12.5 Å². The van der Waals surface area contributed by atoms with Gasteiger partial charge in [0.2, 0.25) is 5.95 Å². The van der Waals surface area contributed by atoms with E-state index >= 15 is 0 Å². The standard InChI is InChI=1S/C18H24N6S/c1-14-4-5-15(16(12-14)25-2)13-22-17(19)23-8-10-24(11-9-23)18-20-6-3-7-21-18/h3-7,12H,8-11,13H2,1-2H3,(H2,19,22). The van der Waals surface area contributed by atoms with E-state index in [1.165, 1.54) is 16.0 Å². The fourth-order valence-corrected chi connectivity index (χ4v) is 3.54. The van der Waals surface area contributed by atoms with Gasteiger partial charge >= 0.3 is 0 Å². The molecule has 0 unspecified atom stereocenters. The van der Waals surface area contributed by atoms with Crippen molar-refractivity contribution in [2.45, 2.75) is 18.4 Å². The minimum Gasteiger partial charge on any atom is -0.370 e. The van der Waals surface area contributed by atoms with Gasteiger partial charge in [-0.05, 0) is 36.4 Å². The van der Waals surface area contributed by atoms with Crippen LogP contribution in [0.3, 0.4) is 0 Å². The van der Waals surface area contributed by atoms with Crippen molar-refractivity contribution in [1.29, 1.82) is 0 Å². The Morgan fingerprint density at radius 3 is 2.60 bits per heavy atom. The van der Waals surface area contributed by atoms with Crippen molar-refractivity contribution in [2.24, 2.45) is 10.7 Å². The monoisotopic (exact) mass is 356 g/mol. The number of benzene rings is 1. The maximum atomic E-state index is 6.22. The molecule has 0 atom stereocenters. The fourth-order valence-electron chi connectivity index (χ4n) is 2.84. The number of thioether (sulfide) groups is 1. The molecule has 0 aliphatic carbocycles. The topological polar surface area (TPSA) is 70.6 Å². The highest BCUT2D eigenvalue weighted by Crippen LogP contribution is 2.22. The third-order valence-electron chi connectivity index (χ3n) is 4.29. The summed E-state index contributed by atoms with van der Waals surface area (Å²) in [6.07, 6.45) is 5.64. The van der Waals surface area contributed by atoms with Gasteiger partial charge in [-0.3, -0.25) is 0 Å². The van der Waals surface area contributed by atoms with Gasteiger partial charge in [0, 0.05) is 43.5 Å². The highest BCUT2D eigenvalue weighted by atomic mass is 32.2. The number of hydrogen-bond acceptors (Lipinski definition) is 5. The van der Waals surface area contributed by atoms with E-state index in [1.54, 1.807) is 24.2 Å². The van der Waals surface area contributed by atoms with Crippen LogP contribution >= 0.6 is 11.8 Å². The zero-order chi connectivity index (χ0) is 17.6. The molecule has 1 aromatic heterocycles. The normalized spacial score (nSPS) is 15.5. The van der Waals surface area contributed by atoms with Gasteiger partial charge in [0.15, 0.2) is 5.96 Å². The van der Waals surface area contributed by atoms with Crippen LogP contribution in [0.4, 0.5) is 5.95 Å². The van der Waals surface area contributed by atoms with E-state index in [4.69, 9.17) is 5.73 Å². The molecule has 6 nitrogen and oxygen atoms in total. The lowest BCUT2D eigenvalue weighted by atomic mass is 10.1. The van der Waals surface area contributed by atoms with E-state index in [-0.39, 0.29) is 0 Å². The summed E-state index contributed by atoms with van der Waals surface area (Å²) in [5.41, 5.74) is 8.71. The number of aliphatic imine (C=N–C) groups is 1. The largest absolute Gasteiger partial charge is 0.370 e. The Kier molecular flexibility index (Phi) is 5.75. The van der Waals surface area contributed by atoms with Crippen LogP contribution in [-0.2, 0) is 6.54 Å². The number of nitrogens with zero attached hydrogens (tertiary/aromatic N) is 5. The molecule has 0 radical (unpaired) electrons. The van der Waals surface area contributed by atoms with Crippen molar-refractivity contribution in [3.8, 4) is 0 Å². The van der Waals surface area contributed by atoms with Crippen LogP contribution < -0.4 is 10.6 Å². The maximum Gasteiger partial charge on any atom is 0.225 e. The SMILES string of the molecule is CSc1cc(C)ccc1CN=C(N)N1CCN(c2ncccn2)CC1. The van der Waals surface area contributed by atoms with Crippen molar-refractivity contribution in [2.75, 3.05) is 37.3 Å². The summed E-state index contributed by atoms with van der Waals surface area (Å²) in [4.78, 5) is 18.8. The first-order valence-electron chi connectivity index (χ1n) is 8.37. The Bertz CT molecular complexity index is 726. The van der Waals surface area contributed by atoms with Crippen LogP contribution in [0.1, 0.15) is 11.1 Å². The molecule has 1 aromatic carbocycles. The van der Waals surface area contributed by atoms with Gasteiger partial charge < -0.3 is 15.5 Å². The molecule has 0 bridgehead atoms. The number of aromatic nitrogens is 2. The van der Waals surface area contributed by atoms with Crippen molar-refractivity contribution in [1.82, 2.24) is 14.9 Å². The van der Waals surface area contributed by atoms with Crippen molar-refractivity contribution in [3.05, 3.63) is 47.8 Å². The summed E-state index contributed by atoms with van der Waals surface area (Å²) in [5.74, 6) is 1.39. The number of aryl methyl sites for hydroxylation is 1. The van der Waals surface area contributed by atoms with Crippen LogP contribution in [0.2, 0.25) is 0 Å². The number of nitrogens with two attached hydrogens (primary N) is 1. The number of piperazine rings is 1. The number of rotatable bonds is 4. The molecule has 1 fully saturated rings. The predicted octanol–water partition coefficient (Wildman–Crippen LogP) is 2.14. The van der Waals surface area contributed by atoms with Crippen LogP contribution in [0.5, 0.6) is 0 Å². The summed E-state index contributed by atoms with van der Waals surface area (Å²) < 4.78 is 0. The van der Waals surface area contributed by atoms with E-state index in [1.807, 2.05) is 6.07 Å². The van der Waals surface area contributed by atoms with Crippen LogP contribution in [0.15, 0.2) is 46.5 Å². The van der Waals surface area contributed by atoms with Crippen LogP contribution in [0.25, 0.3) is 0 Å². The fraction of sp³-hybridized carbons (Fsp3) is 0.389. The minimum absolute atomic E-state index is 0.612. The second-order valence-corrected chi connectivity index (χ2v) is 6.86. The molecule has 25 heavy (non-hydrogen) atoms. The molecule has 0 saturated carbocycles. The number of guanidine groups is 1. The van der Waals surface area contributed by atoms with E-state index < -0.39 is 0 Å². The lowest BCUT2D eigenvalue weighted by Gasteiger charge is -2.35. The van der Waals surface area contributed by atoms with Gasteiger partial charge in [0.25, 0.3) is 0 Å². The van der Waals surface area contributed by atoms with Gasteiger partial charge in [-0.25, -0.2) is 15.0 Å². The van der Waals surface area contributed by atoms with E-state index in [0.717, 1.165) is 32.1 Å². The third-order valence-corrected chi connectivity index (χ3v) is 5.11. The van der Waals surface area contributed by atoms with Crippen LogP contribution in [-0.4, -0.2) is 53.3 Å². The average molecular weight is 356 g/mol. The summed E-state index contributed by atoms with van der Waals surface area (Å²) in [7, 11) is 0. The first-order valence-corrected chi connectivity index (χ1v) is 9.60. The van der Waals surface area contributed by atoms with Gasteiger partial charge in [0.1, 0.15) is 0 Å². The summed E-state index contributed by atoms with van der Waals surface area (Å²) in [6, 6.07) is 8.30. The van der Waals surface area contributed by atoms with Crippen LogP contribution in [0, 0.1) is 6.92 Å². The zero-order valence-electron chi connectivity index (χ0n) is 14.7. The Morgan fingerprint density at radius 1 is 1.20 bits per heavy atom. The van der Waals surface area contributed by atoms with Gasteiger partial charge in [-0.2, -0.15) is 0 Å². The number of anilines is 1. The molecule has 1 aliphatic rings. The van der Waals surface area contributed by atoms with Crippen molar-refractivity contribution in [3.63, 3.8) is 0 Å². The molecule has 2 aromatic rings. The molecular weight excluding hydrogens is 332 g/mol. The second-order valence-electron chi connectivity index (χ2n) is 6.01. The zero-order valence-corrected chi connectivity index (χ0v) is 15.5. The lowest BCUT2D eigenvalue weighted by molar-refractivity contribution is 0.378. The molecule has 1 aliphatic heterocycles. The minimum atomic E-state index is 0.612. The Labute approximate surface area is 153 Å². The van der Waals surface area contributed by atoms with Crippen molar-refractivity contribution >= 4 is 23.7 Å². The maximum absolute atomic E-state index is 6.22. The Hall–Kier alpha value is -2.28. The smallest absolute Gasteiger partial charge is 0.225 e. The summed E-state index contributed by atoms with van der Waals surface area (Å²) in [6.45, 7) is 6.08. The molecule has 0 spiro atoms. The van der Waals surface area contributed by atoms with E-state index in [9.17, 15) is 0 Å². The molecular formula is C18H24N6S. The summed E-state index contributed by atoms with van der Waals surface area (Å²) in [5, 5.41) is 0. The number of hydrogen-bond donors (Lipinski definition) is 1. The molecule has 3 rings (SSSR count). The first kappa shape index (κ1) is 17.5. The first-order chi connectivity index (χ1) is 12.2. The third kappa shape index (κ3) is 4.42. The van der Waals surface area contributed by atoms with Gasteiger partial charge in [0.05, 0.1) is 6.54 Å². The summed E-state index contributed by atoms with van der Waals surface area (Å²) >= 11 is 1.75. The molecule has 7 heteroatoms. The Morgan fingerprint density at radius 2 is 1.92 bits per heavy atom. The lowest BCUT2D eigenvalue weighted by Crippen LogP contribution is -2.51. The molecule has 0 amide bonds. The molecule has 1 saturated heterocycles. The average Bonchev–Trinajstić information content (AvgIpc) is 2.67.